The average Bonchev–Trinajstić information content (AvgIpc) is 2.97. The molecule has 3 aromatic rings. The fourth-order valence-corrected chi connectivity index (χ4v) is 3.56. The highest BCUT2D eigenvalue weighted by Crippen LogP contribution is 2.12. The average molecular weight is 555 g/mol. The summed E-state index contributed by atoms with van der Waals surface area (Å²) in [6, 6.07) is 22.1. The van der Waals surface area contributed by atoms with Crippen molar-refractivity contribution in [3.8, 4) is 23.7 Å². The number of hydrogen-bond acceptors (Lipinski definition) is 6. The summed E-state index contributed by atoms with van der Waals surface area (Å²) in [7, 11) is 0. The van der Waals surface area contributed by atoms with Gasteiger partial charge >= 0.3 is 0 Å². The fraction of sp³-hybridized carbons (Fsp3) is 0.219. The highest BCUT2D eigenvalue weighted by molar-refractivity contribution is 5.97. The first-order chi connectivity index (χ1) is 19.3. The number of hydrogen-bond donors (Lipinski definition) is 6. The maximum atomic E-state index is 12.3. The van der Waals surface area contributed by atoms with Crippen LogP contribution in [0.15, 0.2) is 78.9 Å². The zero-order valence-electron chi connectivity index (χ0n) is 22.1. The van der Waals surface area contributed by atoms with Gasteiger partial charge in [-0.3, -0.25) is 19.6 Å². The Labute approximate surface area is 240 Å². The molecule has 9 nitrogen and oxygen atoms in total. The first-order valence-corrected chi connectivity index (χ1v) is 12.5. The molecular weight excluding hydrogens is 520 g/mol. The second kappa shape index (κ2) is 16.2. The second-order valence-electron chi connectivity index (χ2n) is 8.88. The van der Waals surface area contributed by atoms with Gasteiger partial charge in [0.1, 0.15) is 6.04 Å². The van der Waals surface area contributed by atoms with Crippen LogP contribution in [0.3, 0.4) is 0 Å². The molecule has 3 atom stereocenters. The van der Waals surface area contributed by atoms with E-state index in [9.17, 15) is 19.5 Å². The van der Waals surface area contributed by atoms with Gasteiger partial charge in [0.2, 0.25) is 5.91 Å². The van der Waals surface area contributed by atoms with Crippen molar-refractivity contribution in [1.29, 1.82) is 0 Å². The smallest absolute Gasteiger partial charge is 0.268 e. The Hall–Kier alpha value is -4.93. The van der Waals surface area contributed by atoms with E-state index in [4.69, 9.17) is 5.21 Å². The predicted molar refractivity (Wildman–Crippen MR) is 158 cm³/mol. The lowest BCUT2D eigenvalue weighted by atomic mass is 10.1. The lowest BCUT2D eigenvalue weighted by Gasteiger charge is -2.19. The van der Waals surface area contributed by atoms with Gasteiger partial charge in [0, 0.05) is 28.4 Å². The molecule has 0 aliphatic carbocycles. The van der Waals surface area contributed by atoms with Crippen LogP contribution < -0.4 is 21.4 Å². The van der Waals surface area contributed by atoms with E-state index < -0.39 is 24.0 Å². The SMILES string of the molecule is C.C[C@H](NCC(=O)Nc1ccc(C#CC#Cc2ccc(C(=O)N[C@H](C(=O)NO)[C@@H](C)O)cc2)cc1)c1ccccc1. The fourth-order valence-electron chi connectivity index (χ4n) is 3.56. The number of aliphatic hydroxyl groups excluding tert-OH is 1. The van der Waals surface area contributed by atoms with Crippen LogP contribution in [0.2, 0.25) is 0 Å². The van der Waals surface area contributed by atoms with Crippen molar-refractivity contribution in [2.24, 2.45) is 0 Å². The first kappa shape index (κ1) is 32.3. The van der Waals surface area contributed by atoms with Crippen molar-refractivity contribution in [2.75, 3.05) is 11.9 Å². The van der Waals surface area contributed by atoms with Crippen LogP contribution in [-0.2, 0) is 9.59 Å². The van der Waals surface area contributed by atoms with Gasteiger partial charge in [-0.2, -0.15) is 0 Å². The van der Waals surface area contributed by atoms with E-state index in [1.54, 1.807) is 36.4 Å². The van der Waals surface area contributed by atoms with Crippen LogP contribution in [-0.4, -0.2) is 46.7 Å². The van der Waals surface area contributed by atoms with Gasteiger partial charge in [-0.25, -0.2) is 5.48 Å². The van der Waals surface area contributed by atoms with Crippen molar-refractivity contribution in [2.45, 2.75) is 39.5 Å². The summed E-state index contributed by atoms with van der Waals surface area (Å²) in [5, 5.41) is 26.8. The van der Waals surface area contributed by atoms with Crippen molar-refractivity contribution >= 4 is 23.4 Å². The van der Waals surface area contributed by atoms with Gasteiger partial charge < -0.3 is 21.1 Å². The van der Waals surface area contributed by atoms with E-state index >= 15 is 0 Å². The summed E-state index contributed by atoms with van der Waals surface area (Å²) >= 11 is 0. The number of anilines is 1. The minimum atomic E-state index is -1.30. The summed E-state index contributed by atoms with van der Waals surface area (Å²) in [5.41, 5.74) is 4.79. The lowest BCUT2D eigenvalue weighted by molar-refractivity contribution is -0.133. The minimum Gasteiger partial charge on any atom is -0.391 e. The molecule has 0 unspecified atom stereocenters. The van der Waals surface area contributed by atoms with Gasteiger partial charge in [-0.05, 0) is 79.8 Å². The number of amides is 3. The summed E-state index contributed by atoms with van der Waals surface area (Å²) in [5.74, 6) is 9.68. The number of aliphatic hydroxyl groups is 1. The number of nitrogens with one attached hydrogen (secondary N) is 4. The van der Waals surface area contributed by atoms with Crippen LogP contribution in [0.4, 0.5) is 5.69 Å². The zero-order chi connectivity index (χ0) is 28.9. The Morgan fingerprint density at radius 2 is 1.39 bits per heavy atom. The molecule has 0 bridgehead atoms. The molecule has 6 N–H and O–H groups in total. The number of carbonyl (C=O) groups is 3. The first-order valence-electron chi connectivity index (χ1n) is 12.5. The Morgan fingerprint density at radius 1 is 0.829 bits per heavy atom. The van der Waals surface area contributed by atoms with E-state index in [-0.39, 0.29) is 31.5 Å². The molecule has 9 heteroatoms. The van der Waals surface area contributed by atoms with Crippen LogP contribution >= 0.6 is 0 Å². The van der Waals surface area contributed by atoms with Crippen LogP contribution in [0.5, 0.6) is 0 Å². The number of carbonyl (C=O) groups excluding carboxylic acids is 3. The topological polar surface area (TPSA) is 140 Å². The quantitative estimate of drug-likeness (QED) is 0.137. The molecule has 41 heavy (non-hydrogen) atoms. The number of rotatable bonds is 9. The van der Waals surface area contributed by atoms with Crippen molar-refractivity contribution in [3.63, 3.8) is 0 Å². The van der Waals surface area contributed by atoms with Gasteiger partial charge in [0.05, 0.1) is 12.6 Å². The maximum Gasteiger partial charge on any atom is 0.268 e. The molecule has 0 aliphatic rings. The van der Waals surface area contributed by atoms with Gasteiger partial charge in [0.25, 0.3) is 11.8 Å². The minimum absolute atomic E-state index is 0. The molecule has 0 fully saturated rings. The summed E-state index contributed by atoms with van der Waals surface area (Å²) in [6.07, 6.45) is -1.20. The third kappa shape index (κ3) is 10.3. The molecule has 0 saturated heterocycles. The zero-order valence-corrected chi connectivity index (χ0v) is 22.1. The second-order valence-corrected chi connectivity index (χ2v) is 8.88. The van der Waals surface area contributed by atoms with Crippen molar-refractivity contribution < 1.29 is 24.7 Å². The number of benzene rings is 3. The van der Waals surface area contributed by atoms with Crippen LogP contribution in [0.25, 0.3) is 0 Å². The predicted octanol–water partition coefficient (Wildman–Crippen LogP) is 3.00. The lowest BCUT2D eigenvalue weighted by Crippen LogP contribution is -2.51. The molecule has 0 heterocycles. The molecular formula is C32H34N4O5. The molecule has 3 rings (SSSR count). The summed E-state index contributed by atoms with van der Waals surface area (Å²) in [6.45, 7) is 3.51. The Bertz CT molecular complexity index is 1430. The molecule has 212 valence electrons. The summed E-state index contributed by atoms with van der Waals surface area (Å²) in [4.78, 5) is 36.2. The van der Waals surface area contributed by atoms with E-state index in [0.717, 1.165) is 11.1 Å². The highest BCUT2D eigenvalue weighted by Gasteiger charge is 2.25. The Balaban J connectivity index is 0.00000588. The molecule has 0 radical (unpaired) electrons. The molecule has 3 amide bonds. The largest absolute Gasteiger partial charge is 0.391 e. The Kier molecular flexibility index (Phi) is 12.8. The molecule has 0 saturated carbocycles. The molecule has 0 aromatic heterocycles. The van der Waals surface area contributed by atoms with Gasteiger partial charge in [-0.15, -0.1) is 0 Å². The van der Waals surface area contributed by atoms with E-state index in [1.807, 2.05) is 37.3 Å². The van der Waals surface area contributed by atoms with E-state index in [0.29, 0.717) is 11.3 Å². The molecule has 0 aliphatic heterocycles. The number of hydroxylamine groups is 1. The summed E-state index contributed by atoms with van der Waals surface area (Å²) < 4.78 is 0. The maximum absolute atomic E-state index is 12.3. The van der Waals surface area contributed by atoms with Crippen molar-refractivity contribution in [3.05, 3.63) is 101 Å². The van der Waals surface area contributed by atoms with E-state index in [2.05, 4.69) is 39.6 Å². The normalized spacial score (nSPS) is 12.0. The monoisotopic (exact) mass is 554 g/mol. The van der Waals surface area contributed by atoms with Crippen molar-refractivity contribution in [1.82, 2.24) is 16.1 Å². The highest BCUT2D eigenvalue weighted by atomic mass is 16.5. The third-order valence-corrected chi connectivity index (χ3v) is 5.82. The van der Waals surface area contributed by atoms with Gasteiger partial charge in [-0.1, -0.05) is 49.6 Å². The molecule has 0 spiro atoms. The standard InChI is InChI=1S/C31H30N4O5.CH4/c1-21(25-10-4-3-5-11-25)32-20-28(37)33-27-18-14-24(15-19-27)9-7-6-8-23-12-16-26(17-13-23)30(38)34-29(22(2)36)31(39)35-40;/h3-5,10-19,21-22,29,32,36,40H,20H2,1-2H3,(H,33,37)(H,34,38)(H,35,39);1H4/t21-,22+,29-;/m0./s1. The van der Waals surface area contributed by atoms with Crippen LogP contribution in [0, 0.1) is 23.7 Å². The van der Waals surface area contributed by atoms with Crippen LogP contribution in [0.1, 0.15) is 54.4 Å². The van der Waals surface area contributed by atoms with E-state index in [1.165, 1.54) is 24.5 Å². The Morgan fingerprint density at radius 3 is 1.93 bits per heavy atom. The molecule has 3 aromatic carbocycles. The van der Waals surface area contributed by atoms with Gasteiger partial charge in [0.15, 0.2) is 0 Å². The third-order valence-electron chi connectivity index (χ3n) is 5.82.